The molecular weight excluding hydrogens is 324 g/mol. The molecule has 0 fully saturated rings. The summed E-state index contributed by atoms with van der Waals surface area (Å²) in [5, 5.41) is 10.5. The van der Waals surface area contributed by atoms with Crippen LogP contribution in [0.5, 0.6) is 0 Å². The van der Waals surface area contributed by atoms with E-state index in [1.807, 2.05) is 31.2 Å². The van der Waals surface area contributed by atoms with Gasteiger partial charge in [-0.2, -0.15) is 5.10 Å². The second-order valence-corrected chi connectivity index (χ2v) is 6.59. The molecule has 0 radical (unpaired) electrons. The predicted octanol–water partition coefficient (Wildman–Crippen LogP) is 4.46. The van der Waals surface area contributed by atoms with Gasteiger partial charge in [0, 0.05) is 37.0 Å². The minimum absolute atomic E-state index is 0.721. The highest BCUT2D eigenvalue weighted by atomic mass is 15.2. The van der Waals surface area contributed by atoms with Gasteiger partial charge in [0.05, 0.1) is 0 Å². The third-order valence-corrected chi connectivity index (χ3v) is 4.30. The van der Waals surface area contributed by atoms with E-state index in [1.165, 1.54) is 0 Å². The molecule has 136 valence electrons. The number of nitrogens with one attached hydrogen (secondary N) is 2. The summed E-state index contributed by atoms with van der Waals surface area (Å²) in [6.45, 7) is 7.21. The van der Waals surface area contributed by atoms with E-state index in [-0.39, 0.29) is 0 Å². The fraction of sp³-hybridized carbons (Fsp3) is 0.350. The lowest BCUT2D eigenvalue weighted by molar-refractivity contribution is 0.759. The van der Waals surface area contributed by atoms with Crippen LogP contribution in [0.15, 0.2) is 36.4 Å². The topological polar surface area (TPSA) is 69.7 Å². The lowest BCUT2D eigenvalue weighted by atomic mass is 10.1. The number of anilines is 3. The highest BCUT2D eigenvalue weighted by molar-refractivity contribution is 5.66. The van der Waals surface area contributed by atoms with E-state index in [0.717, 1.165) is 59.5 Å². The van der Waals surface area contributed by atoms with Gasteiger partial charge in [0.2, 0.25) is 0 Å². The lowest BCUT2D eigenvalue weighted by Gasteiger charge is -2.19. The molecule has 6 nitrogen and oxygen atoms in total. The van der Waals surface area contributed by atoms with E-state index in [9.17, 15) is 0 Å². The summed E-state index contributed by atoms with van der Waals surface area (Å²) >= 11 is 0. The first-order valence-corrected chi connectivity index (χ1v) is 9.02. The number of H-pyrrole nitrogens is 1. The minimum Gasteiger partial charge on any atom is -0.359 e. The molecule has 3 aromatic rings. The van der Waals surface area contributed by atoms with Crippen molar-refractivity contribution in [3.05, 3.63) is 47.7 Å². The zero-order valence-electron chi connectivity index (χ0n) is 15.9. The highest BCUT2D eigenvalue weighted by Gasteiger charge is 2.12. The summed E-state index contributed by atoms with van der Waals surface area (Å²) in [6, 6.07) is 12.1. The first kappa shape index (κ1) is 17.9. The van der Waals surface area contributed by atoms with E-state index in [2.05, 4.69) is 53.4 Å². The van der Waals surface area contributed by atoms with Gasteiger partial charge in [-0.15, -0.1) is 0 Å². The van der Waals surface area contributed by atoms with Crippen LogP contribution in [0.1, 0.15) is 31.0 Å². The molecule has 2 N–H and O–H groups in total. The fourth-order valence-corrected chi connectivity index (χ4v) is 2.76. The van der Waals surface area contributed by atoms with Crippen LogP contribution in [-0.4, -0.2) is 33.8 Å². The van der Waals surface area contributed by atoms with E-state index < -0.39 is 0 Å². The Hall–Kier alpha value is -2.89. The van der Waals surface area contributed by atoms with Gasteiger partial charge in [0.1, 0.15) is 11.6 Å². The molecule has 0 aliphatic rings. The molecule has 6 heteroatoms. The SMILES string of the molecule is CCCCN(C)c1cc(Nc2cc(C)[nH]n2)nc(-c2ccccc2C)n1. The smallest absolute Gasteiger partial charge is 0.164 e. The number of hydrogen-bond acceptors (Lipinski definition) is 5. The molecule has 0 bridgehead atoms. The van der Waals surface area contributed by atoms with Crippen molar-refractivity contribution in [3.8, 4) is 11.4 Å². The Bertz CT molecular complexity index is 870. The monoisotopic (exact) mass is 350 g/mol. The van der Waals surface area contributed by atoms with Crippen LogP contribution >= 0.6 is 0 Å². The van der Waals surface area contributed by atoms with Crippen molar-refractivity contribution in [2.75, 3.05) is 23.8 Å². The first-order chi connectivity index (χ1) is 12.6. The molecule has 2 heterocycles. The van der Waals surface area contributed by atoms with E-state index in [1.54, 1.807) is 0 Å². The average Bonchev–Trinajstić information content (AvgIpc) is 3.04. The average molecular weight is 350 g/mol. The molecule has 2 aromatic heterocycles. The molecule has 0 aliphatic carbocycles. The molecule has 0 saturated heterocycles. The summed E-state index contributed by atoms with van der Waals surface area (Å²) in [5.41, 5.74) is 3.20. The highest BCUT2D eigenvalue weighted by Crippen LogP contribution is 2.26. The van der Waals surface area contributed by atoms with Crippen molar-refractivity contribution in [1.29, 1.82) is 0 Å². The third-order valence-electron chi connectivity index (χ3n) is 4.30. The van der Waals surface area contributed by atoms with Crippen LogP contribution in [0.3, 0.4) is 0 Å². The van der Waals surface area contributed by atoms with E-state index in [0.29, 0.717) is 0 Å². The van der Waals surface area contributed by atoms with Crippen molar-refractivity contribution in [2.45, 2.75) is 33.6 Å². The summed E-state index contributed by atoms with van der Waals surface area (Å²) in [7, 11) is 2.07. The van der Waals surface area contributed by atoms with Crippen LogP contribution in [-0.2, 0) is 0 Å². The second-order valence-electron chi connectivity index (χ2n) is 6.59. The Morgan fingerprint density at radius 2 is 1.88 bits per heavy atom. The van der Waals surface area contributed by atoms with Crippen molar-refractivity contribution < 1.29 is 0 Å². The maximum absolute atomic E-state index is 4.81. The number of rotatable bonds is 7. The number of aromatic nitrogens is 4. The van der Waals surface area contributed by atoms with Crippen LogP contribution in [0, 0.1) is 13.8 Å². The summed E-state index contributed by atoms with van der Waals surface area (Å²) in [5.74, 6) is 3.11. The van der Waals surface area contributed by atoms with Crippen LogP contribution < -0.4 is 10.2 Å². The molecule has 0 aliphatic heterocycles. The van der Waals surface area contributed by atoms with Gasteiger partial charge in [-0.25, -0.2) is 9.97 Å². The van der Waals surface area contributed by atoms with E-state index >= 15 is 0 Å². The molecule has 1 aromatic carbocycles. The van der Waals surface area contributed by atoms with Crippen LogP contribution in [0.2, 0.25) is 0 Å². The van der Waals surface area contributed by atoms with Crippen molar-refractivity contribution in [1.82, 2.24) is 20.2 Å². The van der Waals surface area contributed by atoms with Crippen molar-refractivity contribution in [2.24, 2.45) is 0 Å². The second kappa shape index (κ2) is 7.99. The minimum atomic E-state index is 0.721. The molecule has 0 saturated carbocycles. The number of hydrogen-bond donors (Lipinski definition) is 2. The number of benzene rings is 1. The Morgan fingerprint density at radius 3 is 2.58 bits per heavy atom. The Labute approximate surface area is 154 Å². The summed E-state index contributed by atoms with van der Waals surface area (Å²) in [6.07, 6.45) is 2.28. The van der Waals surface area contributed by atoms with Crippen LogP contribution in [0.25, 0.3) is 11.4 Å². The Balaban J connectivity index is 2.00. The maximum atomic E-state index is 4.81. The third kappa shape index (κ3) is 4.20. The molecule has 0 spiro atoms. The van der Waals surface area contributed by atoms with E-state index in [4.69, 9.17) is 9.97 Å². The maximum Gasteiger partial charge on any atom is 0.164 e. The summed E-state index contributed by atoms with van der Waals surface area (Å²) in [4.78, 5) is 11.7. The zero-order valence-corrected chi connectivity index (χ0v) is 15.9. The number of aryl methyl sites for hydroxylation is 2. The van der Waals surface area contributed by atoms with Gasteiger partial charge in [0.15, 0.2) is 11.6 Å². The largest absolute Gasteiger partial charge is 0.359 e. The molecule has 0 unspecified atom stereocenters. The molecule has 0 atom stereocenters. The van der Waals surface area contributed by atoms with Crippen molar-refractivity contribution in [3.63, 3.8) is 0 Å². The Morgan fingerprint density at radius 1 is 1.08 bits per heavy atom. The van der Waals surface area contributed by atoms with Gasteiger partial charge in [0.25, 0.3) is 0 Å². The van der Waals surface area contributed by atoms with Gasteiger partial charge >= 0.3 is 0 Å². The van der Waals surface area contributed by atoms with Gasteiger partial charge in [-0.05, 0) is 25.8 Å². The predicted molar refractivity (Wildman–Crippen MR) is 107 cm³/mol. The first-order valence-electron chi connectivity index (χ1n) is 9.02. The quantitative estimate of drug-likeness (QED) is 0.658. The standard InChI is InChI=1S/C20H26N6/c1-5-6-11-26(4)19-13-17(21-18-12-15(3)24-25-18)22-20(23-19)16-10-8-7-9-14(16)2/h7-10,12-13H,5-6,11H2,1-4H3,(H2,21,22,23,24,25). The molecule has 3 rings (SSSR count). The van der Waals surface area contributed by atoms with Crippen molar-refractivity contribution >= 4 is 17.5 Å². The zero-order chi connectivity index (χ0) is 18.5. The molecule has 26 heavy (non-hydrogen) atoms. The Kier molecular flexibility index (Phi) is 5.51. The normalized spacial score (nSPS) is 10.8. The molecule has 0 amide bonds. The fourth-order valence-electron chi connectivity index (χ4n) is 2.76. The number of unbranched alkanes of at least 4 members (excludes halogenated alkanes) is 1. The number of nitrogens with zero attached hydrogens (tertiary/aromatic N) is 4. The molecular formula is C20H26N6. The number of aromatic amines is 1. The van der Waals surface area contributed by atoms with Gasteiger partial charge < -0.3 is 10.2 Å². The van der Waals surface area contributed by atoms with Gasteiger partial charge in [-0.1, -0.05) is 37.6 Å². The lowest BCUT2D eigenvalue weighted by Crippen LogP contribution is -2.20. The van der Waals surface area contributed by atoms with Gasteiger partial charge in [-0.3, -0.25) is 5.10 Å². The van der Waals surface area contributed by atoms with Crippen LogP contribution in [0.4, 0.5) is 17.5 Å². The summed E-state index contributed by atoms with van der Waals surface area (Å²) < 4.78 is 0.